The summed E-state index contributed by atoms with van der Waals surface area (Å²) in [5, 5.41) is 13.3. The van der Waals surface area contributed by atoms with Gasteiger partial charge in [0.1, 0.15) is 0 Å². The van der Waals surface area contributed by atoms with Crippen LogP contribution >= 0.6 is 0 Å². The Kier molecular flexibility index (Phi) is 11.8. The quantitative estimate of drug-likeness (QED) is 0.133. The molecule has 3 N–H and O–H groups in total. The molecule has 1 saturated heterocycles. The second kappa shape index (κ2) is 16.6. The Balaban J connectivity index is 1.20. The molecule has 2 heterocycles. The number of nitrogens with one attached hydrogen (secondary N) is 3. The zero-order valence-corrected chi connectivity index (χ0v) is 26.3. The smallest absolute Gasteiger partial charge is 0.319 e. The molecule has 45 heavy (non-hydrogen) atoms. The Morgan fingerprint density at radius 1 is 0.844 bits per heavy atom. The summed E-state index contributed by atoms with van der Waals surface area (Å²) in [6.07, 6.45) is 11.1. The first-order valence-corrected chi connectivity index (χ1v) is 16.4. The standard InChI is InChI=1S/C37H46N6O2/c1-2-3-4-5-12-22-38-37(45)41-34-19-18-32(43-24-13-23-40-43)27-33(34)36(44)39-28-29-20-25-42(26-21-29)35(30-14-8-6-9-15-30)31-16-10-7-11-17-31/h6-11,13-19,23-24,27,29,35H,2-5,12,20-22,25-26,28H2,1H3,(H,39,44)(H2,38,41,45). The van der Waals surface area contributed by atoms with Gasteiger partial charge in [-0.3, -0.25) is 9.69 Å². The van der Waals surface area contributed by atoms with Gasteiger partial charge in [-0.1, -0.05) is 93.3 Å². The van der Waals surface area contributed by atoms with E-state index in [1.807, 2.05) is 18.3 Å². The topological polar surface area (TPSA) is 91.3 Å². The molecule has 3 aromatic carbocycles. The van der Waals surface area contributed by atoms with Crippen molar-refractivity contribution in [1.82, 2.24) is 25.3 Å². The summed E-state index contributed by atoms with van der Waals surface area (Å²) in [6, 6.07) is 28.6. The van der Waals surface area contributed by atoms with Gasteiger partial charge in [-0.05, 0) is 73.7 Å². The molecule has 1 aliphatic rings. The first-order chi connectivity index (χ1) is 22.1. The Labute approximate surface area is 267 Å². The maximum atomic E-state index is 13.6. The van der Waals surface area contributed by atoms with E-state index in [2.05, 4.69) is 93.5 Å². The zero-order chi connectivity index (χ0) is 31.3. The summed E-state index contributed by atoms with van der Waals surface area (Å²) < 4.78 is 1.71. The first-order valence-electron chi connectivity index (χ1n) is 16.4. The Hall–Kier alpha value is -4.43. The SMILES string of the molecule is CCCCCCCNC(=O)Nc1ccc(-n2cccn2)cc1C(=O)NCC1CCN(C(c2ccccc2)c2ccccc2)CC1. The van der Waals surface area contributed by atoms with Crippen LogP contribution in [0.5, 0.6) is 0 Å². The molecule has 1 fully saturated rings. The highest BCUT2D eigenvalue weighted by atomic mass is 16.2. The minimum Gasteiger partial charge on any atom is -0.352 e. The van der Waals surface area contributed by atoms with Crippen molar-refractivity contribution in [3.05, 3.63) is 114 Å². The van der Waals surface area contributed by atoms with Crippen molar-refractivity contribution in [2.24, 2.45) is 5.92 Å². The molecule has 1 aromatic heterocycles. The molecular formula is C37H46N6O2. The van der Waals surface area contributed by atoms with Crippen LogP contribution in [0.1, 0.15) is 79.4 Å². The number of carbonyl (C=O) groups is 2. The van der Waals surface area contributed by atoms with E-state index in [0.29, 0.717) is 30.3 Å². The van der Waals surface area contributed by atoms with E-state index in [4.69, 9.17) is 0 Å². The predicted octanol–water partition coefficient (Wildman–Crippen LogP) is 7.20. The minimum atomic E-state index is -0.301. The highest BCUT2D eigenvalue weighted by Crippen LogP contribution is 2.32. The van der Waals surface area contributed by atoms with Gasteiger partial charge in [0.15, 0.2) is 0 Å². The minimum absolute atomic E-state index is 0.201. The number of hydrogen-bond acceptors (Lipinski definition) is 4. The van der Waals surface area contributed by atoms with Crippen molar-refractivity contribution < 1.29 is 9.59 Å². The summed E-state index contributed by atoms with van der Waals surface area (Å²) in [6.45, 7) is 5.29. The van der Waals surface area contributed by atoms with Crippen LogP contribution in [-0.2, 0) is 0 Å². The van der Waals surface area contributed by atoms with Crippen LogP contribution in [0.4, 0.5) is 10.5 Å². The van der Waals surface area contributed by atoms with Gasteiger partial charge in [0.2, 0.25) is 0 Å². The number of likely N-dealkylation sites (tertiary alicyclic amines) is 1. The molecule has 0 radical (unpaired) electrons. The van der Waals surface area contributed by atoms with Crippen molar-refractivity contribution in [2.75, 3.05) is 31.5 Å². The van der Waals surface area contributed by atoms with Crippen LogP contribution < -0.4 is 16.0 Å². The second-order valence-corrected chi connectivity index (χ2v) is 11.9. The number of urea groups is 1. The lowest BCUT2D eigenvalue weighted by Crippen LogP contribution is -2.40. The number of hydrogen-bond donors (Lipinski definition) is 3. The molecule has 5 rings (SSSR count). The Bertz CT molecular complexity index is 1430. The largest absolute Gasteiger partial charge is 0.352 e. The molecular weight excluding hydrogens is 560 g/mol. The number of amides is 3. The third kappa shape index (κ3) is 9.05. The van der Waals surface area contributed by atoms with Crippen molar-refractivity contribution in [3.63, 3.8) is 0 Å². The summed E-state index contributed by atoms with van der Waals surface area (Å²) in [4.78, 5) is 28.9. The fourth-order valence-electron chi connectivity index (χ4n) is 6.12. The van der Waals surface area contributed by atoms with E-state index in [-0.39, 0.29) is 18.0 Å². The molecule has 0 atom stereocenters. The fourth-order valence-corrected chi connectivity index (χ4v) is 6.12. The normalized spacial score (nSPS) is 13.9. The molecule has 8 heteroatoms. The lowest BCUT2D eigenvalue weighted by molar-refractivity contribution is 0.0931. The van der Waals surface area contributed by atoms with Crippen LogP contribution in [0.15, 0.2) is 97.3 Å². The van der Waals surface area contributed by atoms with Crippen molar-refractivity contribution in [3.8, 4) is 5.69 Å². The number of benzene rings is 3. The maximum absolute atomic E-state index is 13.6. The third-order valence-electron chi connectivity index (χ3n) is 8.63. The number of unbranched alkanes of at least 4 members (excludes halogenated alkanes) is 4. The molecule has 3 amide bonds. The monoisotopic (exact) mass is 606 g/mol. The molecule has 236 valence electrons. The number of rotatable bonds is 14. The maximum Gasteiger partial charge on any atom is 0.319 e. The molecule has 0 unspecified atom stereocenters. The number of nitrogens with zero attached hydrogens (tertiary/aromatic N) is 3. The summed E-state index contributed by atoms with van der Waals surface area (Å²) in [5.74, 6) is 0.173. The van der Waals surface area contributed by atoms with Crippen molar-refractivity contribution in [1.29, 1.82) is 0 Å². The average molecular weight is 607 g/mol. The molecule has 0 spiro atoms. The fraction of sp³-hybridized carbons (Fsp3) is 0.378. The summed E-state index contributed by atoms with van der Waals surface area (Å²) >= 11 is 0. The van der Waals surface area contributed by atoms with E-state index in [9.17, 15) is 9.59 Å². The molecule has 8 nitrogen and oxygen atoms in total. The number of piperidine rings is 1. The average Bonchev–Trinajstić information content (AvgIpc) is 3.63. The number of aromatic nitrogens is 2. The molecule has 0 saturated carbocycles. The van der Waals surface area contributed by atoms with Gasteiger partial charge in [-0.25, -0.2) is 9.48 Å². The van der Waals surface area contributed by atoms with Gasteiger partial charge in [-0.15, -0.1) is 0 Å². The zero-order valence-electron chi connectivity index (χ0n) is 26.3. The Morgan fingerprint density at radius 2 is 1.53 bits per heavy atom. The van der Waals surface area contributed by atoms with Crippen LogP contribution in [0.3, 0.4) is 0 Å². The van der Waals surface area contributed by atoms with E-state index in [1.54, 1.807) is 23.0 Å². The van der Waals surface area contributed by atoms with Gasteiger partial charge in [-0.2, -0.15) is 5.10 Å². The number of anilines is 1. The second-order valence-electron chi connectivity index (χ2n) is 11.9. The van der Waals surface area contributed by atoms with E-state index >= 15 is 0 Å². The lowest BCUT2D eigenvalue weighted by Gasteiger charge is -2.38. The van der Waals surface area contributed by atoms with Gasteiger partial charge in [0.05, 0.1) is 23.0 Å². The van der Waals surface area contributed by atoms with Crippen LogP contribution in [-0.4, -0.2) is 52.8 Å². The molecule has 0 aliphatic carbocycles. The predicted molar refractivity (Wildman–Crippen MR) is 181 cm³/mol. The van der Waals surface area contributed by atoms with E-state index in [1.165, 1.54) is 30.4 Å². The molecule has 4 aromatic rings. The van der Waals surface area contributed by atoms with Gasteiger partial charge in [0, 0.05) is 25.5 Å². The summed E-state index contributed by atoms with van der Waals surface area (Å²) in [7, 11) is 0. The van der Waals surface area contributed by atoms with Crippen molar-refractivity contribution in [2.45, 2.75) is 57.9 Å². The highest BCUT2D eigenvalue weighted by molar-refractivity contribution is 6.04. The highest BCUT2D eigenvalue weighted by Gasteiger charge is 2.28. The lowest BCUT2D eigenvalue weighted by atomic mass is 9.91. The Morgan fingerprint density at radius 3 is 2.18 bits per heavy atom. The summed E-state index contributed by atoms with van der Waals surface area (Å²) in [5.41, 5.74) is 4.26. The third-order valence-corrected chi connectivity index (χ3v) is 8.63. The molecule has 1 aliphatic heterocycles. The molecule has 0 bridgehead atoms. The number of carbonyl (C=O) groups excluding carboxylic acids is 2. The van der Waals surface area contributed by atoms with Crippen molar-refractivity contribution >= 4 is 17.6 Å². The van der Waals surface area contributed by atoms with E-state index in [0.717, 1.165) is 44.5 Å². The van der Waals surface area contributed by atoms with E-state index < -0.39 is 0 Å². The van der Waals surface area contributed by atoms with Gasteiger partial charge >= 0.3 is 6.03 Å². The van der Waals surface area contributed by atoms with Crippen LogP contribution in [0.2, 0.25) is 0 Å². The van der Waals surface area contributed by atoms with Crippen LogP contribution in [0, 0.1) is 5.92 Å². The van der Waals surface area contributed by atoms with Gasteiger partial charge in [0.25, 0.3) is 5.91 Å². The first kappa shape index (κ1) is 32.0. The van der Waals surface area contributed by atoms with Crippen LogP contribution in [0.25, 0.3) is 5.69 Å². The van der Waals surface area contributed by atoms with Gasteiger partial charge < -0.3 is 16.0 Å².